The van der Waals surface area contributed by atoms with Crippen LogP contribution < -0.4 is 15.5 Å². The Morgan fingerprint density at radius 3 is 2.41 bits per heavy atom. The van der Waals surface area contributed by atoms with Gasteiger partial charge in [-0.05, 0) is 50.6 Å². The van der Waals surface area contributed by atoms with E-state index in [4.69, 9.17) is 4.99 Å². The molecule has 0 radical (unpaired) electrons. The fourth-order valence-corrected chi connectivity index (χ4v) is 4.02. The number of hydrogen-bond donors (Lipinski definition) is 2. The smallest absolute Gasteiger partial charge is 0.225 e. The Hall–Kier alpha value is -1.16. The first kappa shape index (κ1) is 24.1. The molecule has 0 atom stereocenters. The van der Waals surface area contributed by atoms with Crippen LogP contribution in [0, 0.1) is 5.41 Å². The maximum Gasteiger partial charge on any atom is 0.225 e. The molecule has 7 nitrogen and oxygen atoms in total. The fourth-order valence-electron chi connectivity index (χ4n) is 4.02. The van der Waals surface area contributed by atoms with Crippen molar-refractivity contribution in [2.45, 2.75) is 46.0 Å². The van der Waals surface area contributed by atoms with E-state index in [9.17, 15) is 0 Å². The number of halogens is 1. The van der Waals surface area contributed by atoms with E-state index in [-0.39, 0.29) is 24.0 Å². The topological polar surface area (TPSA) is 68.7 Å². The molecule has 2 N–H and O–H groups in total. The number of rotatable bonds is 9. The van der Waals surface area contributed by atoms with E-state index < -0.39 is 0 Å². The third kappa shape index (κ3) is 7.24. The third-order valence-electron chi connectivity index (χ3n) is 6.23. The van der Waals surface area contributed by atoms with Gasteiger partial charge < -0.3 is 15.5 Å². The highest BCUT2D eigenvalue weighted by molar-refractivity contribution is 14.0. The average Bonchev–Trinajstić information content (AvgIpc) is 2.71. The van der Waals surface area contributed by atoms with Crippen molar-refractivity contribution >= 4 is 35.9 Å². The van der Waals surface area contributed by atoms with Crippen molar-refractivity contribution in [3.8, 4) is 0 Å². The van der Waals surface area contributed by atoms with E-state index in [0.29, 0.717) is 5.41 Å². The van der Waals surface area contributed by atoms with E-state index in [1.165, 1.54) is 25.7 Å². The minimum Gasteiger partial charge on any atom is -0.357 e. The molecule has 1 aromatic heterocycles. The van der Waals surface area contributed by atoms with Gasteiger partial charge in [0.1, 0.15) is 0 Å². The molecule has 8 heteroatoms. The molecule has 0 bridgehead atoms. The predicted octanol–water partition coefficient (Wildman–Crippen LogP) is 2.74. The Labute approximate surface area is 193 Å². The van der Waals surface area contributed by atoms with Crippen LogP contribution in [0.2, 0.25) is 0 Å². The summed E-state index contributed by atoms with van der Waals surface area (Å²) < 4.78 is 0. The molecule has 2 aliphatic rings. The van der Waals surface area contributed by atoms with Gasteiger partial charge in [-0.2, -0.15) is 0 Å². The van der Waals surface area contributed by atoms with Crippen LogP contribution in [0.15, 0.2) is 23.5 Å². The van der Waals surface area contributed by atoms with Gasteiger partial charge in [-0.15, -0.1) is 24.0 Å². The molecule has 1 saturated heterocycles. The van der Waals surface area contributed by atoms with Gasteiger partial charge in [0.15, 0.2) is 5.96 Å². The van der Waals surface area contributed by atoms with E-state index >= 15 is 0 Å². The van der Waals surface area contributed by atoms with Crippen LogP contribution in [-0.2, 0) is 0 Å². The molecular formula is C21H38IN7. The maximum absolute atomic E-state index is 4.87. The zero-order chi connectivity index (χ0) is 19.7. The van der Waals surface area contributed by atoms with Gasteiger partial charge in [-0.1, -0.05) is 13.3 Å². The summed E-state index contributed by atoms with van der Waals surface area (Å²) in [6, 6.07) is 1.87. The molecule has 1 aromatic rings. The Morgan fingerprint density at radius 2 is 1.83 bits per heavy atom. The van der Waals surface area contributed by atoms with Crippen molar-refractivity contribution in [1.29, 1.82) is 0 Å². The van der Waals surface area contributed by atoms with Crippen LogP contribution in [0.3, 0.4) is 0 Å². The second-order valence-corrected chi connectivity index (χ2v) is 8.06. The molecule has 0 unspecified atom stereocenters. The van der Waals surface area contributed by atoms with E-state index in [0.717, 1.165) is 70.7 Å². The van der Waals surface area contributed by atoms with Crippen LogP contribution in [0.1, 0.15) is 46.0 Å². The summed E-state index contributed by atoms with van der Waals surface area (Å²) in [4.78, 5) is 18.4. The fraction of sp³-hybridized carbons (Fsp3) is 0.762. The van der Waals surface area contributed by atoms with Gasteiger partial charge >= 0.3 is 0 Å². The molecule has 2 fully saturated rings. The molecule has 1 saturated carbocycles. The summed E-state index contributed by atoms with van der Waals surface area (Å²) in [5, 5.41) is 6.92. The maximum atomic E-state index is 4.87. The number of hydrogen-bond acceptors (Lipinski definition) is 5. The van der Waals surface area contributed by atoms with Gasteiger partial charge in [-0.3, -0.25) is 9.89 Å². The van der Waals surface area contributed by atoms with Gasteiger partial charge in [0.25, 0.3) is 0 Å². The van der Waals surface area contributed by atoms with Gasteiger partial charge in [0.2, 0.25) is 5.95 Å². The average molecular weight is 515 g/mol. The number of guanidine groups is 1. The lowest BCUT2D eigenvalue weighted by atomic mass is 9.67. The molecule has 1 aliphatic heterocycles. The third-order valence-corrected chi connectivity index (χ3v) is 6.23. The summed E-state index contributed by atoms with van der Waals surface area (Å²) in [6.07, 6.45) is 10.1. The Balaban J connectivity index is 0.00000300. The quantitative estimate of drug-likeness (QED) is 0.228. The van der Waals surface area contributed by atoms with Crippen LogP contribution in [0.4, 0.5) is 5.95 Å². The Bertz CT molecular complexity index is 593. The molecule has 0 amide bonds. The summed E-state index contributed by atoms with van der Waals surface area (Å²) in [5.74, 6) is 1.83. The van der Waals surface area contributed by atoms with E-state index in [1.54, 1.807) is 0 Å². The number of piperazine rings is 1. The van der Waals surface area contributed by atoms with Crippen molar-refractivity contribution in [1.82, 2.24) is 25.5 Å². The van der Waals surface area contributed by atoms with E-state index in [2.05, 4.69) is 44.2 Å². The first-order valence-corrected chi connectivity index (χ1v) is 11.0. The molecule has 0 aromatic carbocycles. The number of anilines is 1. The van der Waals surface area contributed by atoms with Crippen molar-refractivity contribution in [3.63, 3.8) is 0 Å². The minimum absolute atomic E-state index is 0. The minimum atomic E-state index is 0. The SMILES string of the molecule is CCNC(=NCC1(CC)CCC1)NCCCN1CCN(c2ncccn2)CC1.I. The monoisotopic (exact) mass is 515 g/mol. The van der Waals surface area contributed by atoms with Crippen LogP contribution >= 0.6 is 24.0 Å². The molecular weight excluding hydrogens is 477 g/mol. The molecule has 164 valence electrons. The molecule has 0 spiro atoms. The number of aliphatic imine (C=N–C) groups is 1. The highest BCUT2D eigenvalue weighted by Crippen LogP contribution is 2.43. The standard InChI is InChI=1S/C21H37N7.HI/c1-3-21(8-5-9-21)18-26-19(22-4-2)23-12-7-13-27-14-16-28(17-15-27)20-24-10-6-11-25-20;/h6,10-11H,3-5,7-9,12-18H2,1-2H3,(H2,22,23,26);1H. The summed E-state index contributed by atoms with van der Waals surface area (Å²) >= 11 is 0. The second-order valence-electron chi connectivity index (χ2n) is 8.06. The number of nitrogens with zero attached hydrogens (tertiary/aromatic N) is 5. The Kier molecular flexibility index (Phi) is 10.4. The summed E-state index contributed by atoms with van der Waals surface area (Å²) in [6.45, 7) is 12.5. The van der Waals surface area contributed by atoms with E-state index in [1.807, 2.05) is 18.5 Å². The van der Waals surface area contributed by atoms with Crippen LogP contribution in [0.5, 0.6) is 0 Å². The molecule has 29 heavy (non-hydrogen) atoms. The molecule has 3 rings (SSSR count). The van der Waals surface area contributed by atoms with Crippen molar-refractivity contribution < 1.29 is 0 Å². The Morgan fingerprint density at radius 1 is 1.10 bits per heavy atom. The highest BCUT2D eigenvalue weighted by atomic mass is 127. The molecule has 1 aliphatic carbocycles. The zero-order valence-corrected chi connectivity index (χ0v) is 20.4. The summed E-state index contributed by atoms with van der Waals surface area (Å²) in [5.41, 5.74) is 0.477. The number of nitrogens with one attached hydrogen (secondary N) is 2. The van der Waals surface area contributed by atoms with Crippen molar-refractivity contribution in [3.05, 3.63) is 18.5 Å². The first-order chi connectivity index (χ1) is 13.7. The zero-order valence-electron chi connectivity index (χ0n) is 18.1. The molecule has 2 heterocycles. The van der Waals surface area contributed by atoms with Gasteiger partial charge in [0.05, 0.1) is 0 Å². The second kappa shape index (κ2) is 12.5. The number of aromatic nitrogens is 2. The van der Waals surface area contributed by atoms with Gasteiger partial charge in [0, 0.05) is 58.2 Å². The predicted molar refractivity (Wildman–Crippen MR) is 131 cm³/mol. The van der Waals surface area contributed by atoms with Crippen molar-refractivity contribution in [2.24, 2.45) is 10.4 Å². The lowest BCUT2D eigenvalue weighted by Crippen LogP contribution is -2.47. The summed E-state index contributed by atoms with van der Waals surface area (Å²) in [7, 11) is 0. The largest absolute Gasteiger partial charge is 0.357 e. The highest BCUT2D eigenvalue weighted by Gasteiger charge is 2.34. The van der Waals surface area contributed by atoms with Crippen LogP contribution in [0.25, 0.3) is 0 Å². The van der Waals surface area contributed by atoms with Crippen molar-refractivity contribution in [2.75, 3.05) is 57.3 Å². The lowest BCUT2D eigenvalue weighted by molar-refractivity contribution is 0.139. The first-order valence-electron chi connectivity index (χ1n) is 11.0. The van der Waals surface area contributed by atoms with Gasteiger partial charge in [-0.25, -0.2) is 9.97 Å². The van der Waals surface area contributed by atoms with Crippen LogP contribution in [-0.4, -0.2) is 73.2 Å². The lowest BCUT2D eigenvalue weighted by Gasteiger charge is -2.40. The normalized spacial score (nSPS) is 19.2.